The maximum atomic E-state index is 13.5. The average molecular weight is 441 g/mol. The molecule has 1 aromatic heterocycles. The van der Waals surface area contributed by atoms with Gasteiger partial charge in [-0.25, -0.2) is 9.07 Å². The van der Waals surface area contributed by atoms with Gasteiger partial charge in [-0.2, -0.15) is 0 Å². The van der Waals surface area contributed by atoms with E-state index in [2.05, 4.69) is 4.90 Å². The number of nitrogens with zero attached hydrogens (tertiary/aromatic N) is 4. The average Bonchev–Trinajstić information content (AvgIpc) is 3.11. The molecule has 0 aliphatic carbocycles. The Balaban J connectivity index is 1.60. The number of aromatic nitrogens is 3. The molecule has 1 aliphatic rings. The van der Waals surface area contributed by atoms with Gasteiger partial charge < -0.3 is 4.74 Å². The summed E-state index contributed by atoms with van der Waals surface area (Å²) < 4.78 is 22.9. The van der Waals surface area contributed by atoms with Crippen LogP contribution >= 0.6 is 12.2 Å². The van der Waals surface area contributed by atoms with Crippen molar-refractivity contribution in [1.82, 2.24) is 19.2 Å². The van der Waals surface area contributed by atoms with Crippen molar-refractivity contribution in [2.45, 2.75) is 26.4 Å². The van der Waals surface area contributed by atoms with Gasteiger partial charge in [-0.05, 0) is 68.4 Å². The van der Waals surface area contributed by atoms with E-state index >= 15 is 0 Å². The zero-order valence-electron chi connectivity index (χ0n) is 17.4. The fraction of sp³-hybridized carbons (Fsp3) is 0.348. The van der Waals surface area contributed by atoms with Gasteiger partial charge in [-0.15, -0.1) is 5.10 Å². The first-order valence-electron chi connectivity index (χ1n) is 10.5. The maximum Gasteiger partial charge on any atom is 0.309 e. The lowest BCUT2D eigenvalue weighted by atomic mass is 9.97. The molecule has 4 rings (SSSR count). The van der Waals surface area contributed by atoms with Gasteiger partial charge in [-0.1, -0.05) is 18.2 Å². The SMILES string of the molecule is CCOC(=O)C1CCN(Cn2nc(-c3ccc(F)cc3)n(-c3ccccc3)c2=S)CC1. The topological polar surface area (TPSA) is 52.3 Å². The third-order valence-electron chi connectivity index (χ3n) is 5.50. The monoisotopic (exact) mass is 440 g/mol. The van der Waals surface area contributed by atoms with E-state index < -0.39 is 0 Å². The van der Waals surface area contributed by atoms with E-state index in [0.29, 0.717) is 23.9 Å². The standard InChI is InChI=1S/C23H25FN4O2S/c1-2-30-22(29)18-12-14-26(15-13-18)16-27-23(31)28(20-6-4-3-5-7-20)21(25-27)17-8-10-19(24)11-9-17/h3-11,18H,2,12-16H2,1H3. The Kier molecular flexibility index (Phi) is 6.58. The molecule has 0 radical (unpaired) electrons. The van der Waals surface area contributed by atoms with Crippen LogP contribution in [0.1, 0.15) is 19.8 Å². The van der Waals surface area contributed by atoms with Crippen LogP contribution in [0.25, 0.3) is 17.1 Å². The number of hydrogen-bond donors (Lipinski definition) is 0. The van der Waals surface area contributed by atoms with Crippen LogP contribution in [-0.2, 0) is 16.2 Å². The molecule has 1 fully saturated rings. The maximum absolute atomic E-state index is 13.5. The number of rotatable bonds is 6. The highest BCUT2D eigenvalue weighted by Crippen LogP contribution is 2.24. The van der Waals surface area contributed by atoms with Crippen LogP contribution < -0.4 is 0 Å². The summed E-state index contributed by atoms with van der Waals surface area (Å²) in [7, 11) is 0. The predicted molar refractivity (Wildman–Crippen MR) is 119 cm³/mol. The highest BCUT2D eigenvalue weighted by molar-refractivity contribution is 7.71. The van der Waals surface area contributed by atoms with Crippen LogP contribution in [0.3, 0.4) is 0 Å². The quantitative estimate of drug-likeness (QED) is 0.419. The Morgan fingerprint density at radius 2 is 1.81 bits per heavy atom. The molecule has 0 unspecified atom stereocenters. The molecule has 1 saturated heterocycles. The number of halogens is 1. The Labute approximate surface area is 185 Å². The molecule has 0 spiro atoms. The highest BCUT2D eigenvalue weighted by atomic mass is 32.1. The number of esters is 1. The van der Waals surface area contributed by atoms with Crippen LogP contribution in [0.15, 0.2) is 54.6 Å². The summed E-state index contributed by atoms with van der Waals surface area (Å²) >= 11 is 5.78. The minimum absolute atomic E-state index is 0.0409. The number of ether oxygens (including phenoxy) is 1. The molecule has 2 aromatic carbocycles. The summed E-state index contributed by atoms with van der Waals surface area (Å²) in [6.07, 6.45) is 1.52. The molecule has 0 bridgehead atoms. The van der Waals surface area contributed by atoms with Crippen LogP contribution in [-0.4, -0.2) is 44.9 Å². The molecule has 8 heteroatoms. The van der Waals surface area contributed by atoms with E-state index in [1.165, 1.54) is 12.1 Å². The Hall–Kier alpha value is -2.84. The predicted octanol–water partition coefficient (Wildman–Crippen LogP) is 4.44. The van der Waals surface area contributed by atoms with Crippen molar-refractivity contribution < 1.29 is 13.9 Å². The number of carbonyl (C=O) groups excluding carboxylic acids is 1. The van der Waals surface area contributed by atoms with Crippen molar-refractivity contribution in [1.29, 1.82) is 0 Å². The largest absolute Gasteiger partial charge is 0.466 e. The van der Waals surface area contributed by atoms with Crippen molar-refractivity contribution in [2.24, 2.45) is 5.92 Å². The Morgan fingerprint density at radius 3 is 2.45 bits per heavy atom. The molecule has 3 aromatic rings. The van der Waals surface area contributed by atoms with Crippen molar-refractivity contribution in [3.8, 4) is 17.1 Å². The molecule has 2 heterocycles. The number of likely N-dealkylation sites (tertiary alicyclic amines) is 1. The van der Waals surface area contributed by atoms with Gasteiger partial charge in [0, 0.05) is 24.3 Å². The van der Waals surface area contributed by atoms with Gasteiger partial charge in [0.2, 0.25) is 4.77 Å². The fourth-order valence-corrected chi connectivity index (χ4v) is 4.15. The highest BCUT2D eigenvalue weighted by Gasteiger charge is 2.26. The molecule has 0 saturated carbocycles. The summed E-state index contributed by atoms with van der Waals surface area (Å²) in [4.78, 5) is 14.2. The number of carbonyl (C=O) groups is 1. The minimum Gasteiger partial charge on any atom is -0.466 e. The molecule has 6 nitrogen and oxygen atoms in total. The van der Waals surface area contributed by atoms with E-state index in [9.17, 15) is 9.18 Å². The smallest absolute Gasteiger partial charge is 0.309 e. The van der Waals surface area contributed by atoms with E-state index in [1.807, 2.05) is 41.8 Å². The van der Waals surface area contributed by atoms with Crippen LogP contribution in [0.5, 0.6) is 0 Å². The first kappa shape index (κ1) is 21.4. The van der Waals surface area contributed by atoms with Gasteiger partial charge >= 0.3 is 5.97 Å². The lowest BCUT2D eigenvalue weighted by molar-refractivity contribution is -0.149. The molecule has 1 aliphatic heterocycles. The third-order valence-corrected chi connectivity index (χ3v) is 5.89. The molecular formula is C23H25FN4O2S. The van der Waals surface area contributed by atoms with E-state index in [1.54, 1.807) is 16.8 Å². The van der Waals surface area contributed by atoms with E-state index in [4.69, 9.17) is 22.1 Å². The second kappa shape index (κ2) is 9.53. The van der Waals surface area contributed by atoms with Gasteiger partial charge in [0.25, 0.3) is 0 Å². The van der Waals surface area contributed by atoms with Crippen molar-refractivity contribution in [3.05, 3.63) is 65.2 Å². The third kappa shape index (κ3) is 4.75. The number of benzene rings is 2. The number of para-hydroxylation sites is 1. The van der Waals surface area contributed by atoms with Crippen LogP contribution in [0, 0.1) is 16.5 Å². The molecule has 0 atom stereocenters. The van der Waals surface area contributed by atoms with Crippen LogP contribution in [0.4, 0.5) is 4.39 Å². The minimum atomic E-state index is -0.294. The molecular weight excluding hydrogens is 415 g/mol. The lowest BCUT2D eigenvalue weighted by Crippen LogP contribution is -2.38. The first-order valence-corrected chi connectivity index (χ1v) is 10.9. The lowest BCUT2D eigenvalue weighted by Gasteiger charge is -2.30. The Morgan fingerprint density at radius 1 is 1.13 bits per heavy atom. The van der Waals surface area contributed by atoms with Gasteiger partial charge in [0.15, 0.2) is 5.82 Å². The van der Waals surface area contributed by atoms with Gasteiger partial charge in [0.1, 0.15) is 5.82 Å². The van der Waals surface area contributed by atoms with Gasteiger partial charge in [0.05, 0.1) is 19.2 Å². The summed E-state index contributed by atoms with van der Waals surface area (Å²) in [5.74, 6) is 0.224. The van der Waals surface area contributed by atoms with Crippen LogP contribution in [0.2, 0.25) is 0 Å². The number of piperidine rings is 1. The zero-order valence-corrected chi connectivity index (χ0v) is 18.2. The molecule has 162 valence electrons. The van der Waals surface area contributed by atoms with Crippen molar-refractivity contribution >= 4 is 18.2 Å². The summed E-state index contributed by atoms with van der Waals surface area (Å²) in [5, 5.41) is 4.78. The summed E-state index contributed by atoms with van der Waals surface area (Å²) in [6, 6.07) is 16.1. The molecule has 0 N–H and O–H groups in total. The first-order chi connectivity index (χ1) is 15.1. The van der Waals surface area contributed by atoms with Gasteiger partial charge in [-0.3, -0.25) is 14.3 Å². The second-order valence-electron chi connectivity index (χ2n) is 7.57. The summed E-state index contributed by atoms with van der Waals surface area (Å²) in [6.45, 7) is 4.32. The zero-order chi connectivity index (χ0) is 21.8. The fourth-order valence-electron chi connectivity index (χ4n) is 3.86. The molecule has 0 amide bonds. The van der Waals surface area contributed by atoms with Crippen molar-refractivity contribution in [3.63, 3.8) is 0 Å². The van der Waals surface area contributed by atoms with E-state index in [-0.39, 0.29) is 17.7 Å². The normalized spacial score (nSPS) is 15.2. The molecule has 31 heavy (non-hydrogen) atoms. The second-order valence-corrected chi connectivity index (χ2v) is 7.93. The van der Waals surface area contributed by atoms with E-state index in [0.717, 1.165) is 37.2 Å². The number of hydrogen-bond acceptors (Lipinski definition) is 5. The van der Waals surface area contributed by atoms with Crippen molar-refractivity contribution in [2.75, 3.05) is 19.7 Å². The summed E-state index contributed by atoms with van der Waals surface area (Å²) in [5.41, 5.74) is 1.69. The Bertz CT molecular complexity index is 1090.